The fourth-order valence-corrected chi connectivity index (χ4v) is 4.71. The topological polar surface area (TPSA) is 27.7 Å². The summed E-state index contributed by atoms with van der Waals surface area (Å²) in [5.74, 6) is 0. The van der Waals surface area contributed by atoms with Crippen LogP contribution in [0.3, 0.4) is 0 Å². The van der Waals surface area contributed by atoms with Crippen molar-refractivity contribution in [1.29, 1.82) is 0 Å². The fraction of sp³-hybridized carbons (Fsp3) is 0.429. The lowest BCUT2D eigenvalue weighted by Crippen LogP contribution is -2.52. The highest BCUT2D eigenvalue weighted by molar-refractivity contribution is 5.48. The van der Waals surface area contributed by atoms with Crippen LogP contribution in [-0.4, -0.2) is 26.4 Å². The van der Waals surface area contributed by atoms with Crippen molar-refractivity contribution in [3.05, 3.63) is 83.9 Å². The lowest BCUT2D eigenvalue weighted by atomic mass is 9.72. The Balaban J connectivity index is 1.74. The van der Waals surface area contributed by atoms with Gasteiger partial charge < -0.3 is 14.2 Å². The molecule has 2 fully saturated rings. The van der Waals surface area contributed by atoms with Crippen molar-refractivity contribution in [2.24, 2.45) is 10.8 Å². The molecule has 3 nitrogen and oxygen atoms in total. The predicted octanol–water partition coefficient (Wildman–Crippen LogP) is 6.62. The van der Waals surface area contributed by atoms with Gasteiger partial charge in [-0.1, -0.05) is 87.7 Å². The second-order valence-electron chi connectivity index (χ2n) is 9.06. The van der Waals surface area contributed by atoms with Crippen LogP contribution in [0, 0.1) is 10.8 Å². The molecule has 31 heavy (non-hydrogen) atoms. The first-order chi connectivity index (χ1) is 15.1. The summed E-state index contributed by atoms with van der Waals surface area (Å²) >= 11 is 0. The highest BCUT2D eigenvalue weighted by Crippen LogP contribution is 2.53. The average Bonchev–Trinajstić information content (AvgIpc) is 2.76. The van der Waals surface area contributed by atoms with E-state index >= 15 is 0 Å². The third-order valence-corrected chi connectivity index (χ3v) is 7.30. The summed E-state index contributed by atoms with van der Waals surface area (Å²) in [4.78, 5) is 0. The number of ether oxygens (including phenoxy) is 3. The SMILES string of the molecule is C=Cc1ccc(C(OC(c2ccc(C=C)cc2)C2(CC)COC2)C2(CC)COC2)cc1. The first-order valence-corrected chi connectivity index (χ1v) is 11.4. The average molecular weight is 419 g/mol. The molecule has 0 amide bonds. The molecular formula is C28H34O3. The van der Waals surface area contributed by atoms with E-state index in [0.717, 1.165) is 50.4 Å². The highest BCUT2D eigenvalue weighted by Gasteiger charge is 2.51. The van der Waals surface area contributed by atoms with Crippen LogP contribution in [-0.2, 0) is 14.2 Å². The Morgan fingerprint density at radius 1 is 0.742 bits per heavy atom. The Labute approximate surface area is 186 Å². The Kier molecular flexibility index (Phi) is 6.47. The summed E-state index contributed by atoms with van der Waals surface area (Å²) < 4.78 is 18.6. The van der Waals surface area contributed by atoms with Crippen molar-refractivity contribution in [1.82, 2.24) is 0 Å². The van der Waals surface area contributed by atoms with Crippen LogP contribution in [0.5, 0.6) is 0 Å². The third kappa shape index (κ3) is 4.03. The molecule has 0 spiro atoms. The number of hydrogen-bond donors (Lipinski definition) is 0. The molecule has 0 saturated carbocycles. The van der Waals surface area contributed by atoms with Gasteiger partial charge in [-0.25, -0.2) is 0 Å². The third-order valence-electron chi connectivity index (χ3n) is 7.30. The maximum Gasteiger partial charge on any atom is 0.0933 e. The summed E-state index contributed by atoms with van der Waals surface area (Å²) in [7, 11) is 0. The molecule has 2 aromatic rings. The maximum atomic E-state index is 7.15. The standard InChI is InChI=1S/C28H34O3/c1-5-21-9-13-23(14-10-21)25(27(7-3)17-29-18-27)31-26(28(8-4)19-30-20-28)24-15-11-22(6-2)12-16-24/h5-6,9-16,25-26H,1-2,7-8,17-20H2,3-4H3. The van der Waals surface area contributed by atoms with Crippen LogP contribution in [0.4, 0.5) is 0 Å². The monoisotopic (exact) mass is 418 g/mol. The van der Waals surface area contributed by atoms with E-state index in [-0.39, 0.29) is 23.0 Å². The van der Waals surface area contributed by atoms with E-state index in [4.69, 9.17) is 14.2 Å². The molecular weight excluding hydrogens is 384 g/mol. The zero-order valence-corrected chi connectivity index (χ0v) is 18.8. The van der Waals surface area contributed by atoms with Crippen LogP contribution >= 0.6 is 0 Å². The first-order valence-electron chi connectivity index (χ1n) is 11.4. The lowest BCUT2D eigenvalue weighted by molar-refractivity contribution is -0.254. The molecule has 4 rings (SSSR count). The van der Waals surface area contributed by atoms with Crippen molar-refractivity contribution >= 4 is 12.2 Å². The van der Waals surface area contributed by atoms with Crippen LogP contribution in [0.2, 0.25) is 0 Å². The molecule has 164 valence electrons. The Hall–Kier alpha value is -2.20. The van der Waals surface area contributed by atoms with Gasteiger partial charge >= 0.3 is 0 Å². The minimum absolute atomic E-state index is 0.00542. The molecule has 2 heterocycles. The van der Waals surface area contributed by atoms with E-state index in [2.05, 4.69) is 75.5 Å². The minimum Gasteiger partial charge on any atom is -0.380 e. The van der Waals surface area contributed by atoms with E-state index in [0.29, 0.717) is 0 Å². The van der Waals surface area contributed by atoms with Gasteiger partial charge in [-0.3, -0.25) is 0 Å². The predicted molar refractivity (Wildman–Crippen MR) is 127 cm³/mol. The van der Waals surface area contributed by atoms with Gasteiger partial charge in [0, 0.05) is 10.8 Å². The Morgan fingerprint density at radius 2 is 1.10 bits per heavy atom. The molecule has 0 aromatic heterocycles. The molecule has 0 N–H and O–H groups in total. The van der Waals surface area contributed by atoms with Gasteiger partial charge in [0.15, 0.2) is 0 Å². The first kappa shape index (κ1) is 22.0. The molecule has 0 bridgehead atoms. The van der Waals surface area contributed by atoms with Crippen molar-refractivity contribution in [3.63, 3.8) is 0 Å². The quantitative estimate of drug-likeness (QED) is 0.434. The van der Waals surface area contributed by atoms with E-state index in [1.165, 1.54) is 11.1 Å². The van der Waals surface area contributed by atoms with Crippen LogP contribution in [0.25, 0.3) is 12.2 Å². The summed E-state index contributed by atoms with van der Waals surface area (Å²) in [6.45, 7) is 15.2. The molecule has 2 aliphatic heterocycles. The molecule has 2 atom stereocenters. The van der Waals surface area contributed by atoms with Gasteiger partial charge in [-0.2, -0.15) is 0 Å². The summed E-state index contributed by atoms with van der Waals surface area (Å²) in [5, 5.41) is 0. The van der Waals surface area contributed by atoms with Crippen molar-refractivity contribution in [2.45, 2.75) is 38.9 Å². The van der Waals surface area contributed by atoms with E-state index < -0.39 is 0 Å². The number of benzene rings is 2. The normalized spacial score (nSPS) is 20.7. The maximum absolute atomic E-state index is 7.15. The smallest absolute Gasteiger partial charge is 0.0933 e. The number of hydrogen-bond acceptors (Lipinski definition) is 3. The summed E-state index contributed by atoms with van der Waals surface area (Å²) in [6.07, 6.45) is 5.70. The van der Waals surface area contributed by atoms with Crippen molar-refractivity contribution < 1.29 is 14.2 Å². The Bertz CT molecular complexity index is 802. The van der Waals surface area contributed by atoms with Gasteiger partial charge in [0.2, 0.25) is 0 Å². The largest absolute Gasteiger partial charge is 0.380 e. The molecule has 2 aliphatic rings. The molecule has 3 heteroatoms. The van der Waals surface area contributed by atoms with Crippen LogP contribution < -0.4 is 0 Å². The summed E-state index contributed by atoms with van der Waals surface area (Å²) in [5.41, 5.74) is 4.63. The number of rotatable bonds is 10. The summed E-state index contributed by atoms with van der Waals surface area (Å²) in [6, 6.07) is 17.2. The second-order valence-corrected chi connectivity index (χ2v) is 9.06. The molecule has 0 radical (unpaired) electrons. The fourth-order valence-electron chi connectivity index (χ4n) is 4.71. The zero-order chi connectivity index (χ0) is 21.9. The van der Waals surface area contributed by atoms with Gasteiger partial charge in [-0.15, -0.1) is 0 Å². The van der Waals surface area contributed by atoms with E-state index in [9.17, 15) is 0 Å². The Morgan fingerprint density at radius 3 is 1.32 bits per heavy atom. The van der Waals surface area contributed by atoms with Crippen molar-refractivity contribution in [2.75, 3.05) is 26.4 Å². The van der Waals surface area contributed by atoms with Crippen LogP contribution in [0.15, 0.2) is 61.7 Å². The molecule has 2 aromatic carbocycles. The van der Waals surface area contributed by atoms with Gasteiger partial charge in [-0.05, 0) is 35.1 Å². The minimum atomic E-state index is -0.0433. The van der Waals surface area contributed by atoms with E-state index in [1.807, 2.05) is 12.2 Å². The highest BCUT2D eigenvalue weighted by atomic mass is 16.5. The van der Waals surface area contributed by atoms with Gasteiger partial charge in [0.05, 0.1) is 38.6 Å². The van der Waals surface area contributed by atoms with Gasteiger partial charge in [0.25, 0.3) is 0 Å². The lowest BCUT2D eigenvalue weighted by Gasteiger charge is -2.52. The van der Waals surface area contributed by atoms with E-state index in [1.54, 1.807) is 0 Å². The second kappa shape index (κ2) is 9.12. The molecule has 0 aliphatic carbocycles. The zero-order valence-electron chi connectivity index (χ0n) is 18.8. The van der Waals surface area contributed by atoms with Crippen molar-refractivity contribution in [3.8, 4) is 0 Å². The van der Waals surface area contributed by atoms with Crippen LogP contribution in [0.1, 0.15) is 61.2 Å². The molecule has 2 saturated heterocycles. The van der Waals surface area contributed by atoms with Gasteiger partial charge in [0.1, 0.15) is 0 Å². The molecule has 2 unspecified atom stereocenters.